The van der Waals surface area contributed by atoms with Crippen LogP contribution in [0.25, 0.3) is 0 Å². The first-order valence-electron chi connectivity index (χ1n) is 5.05. The molecular formula is C9H14N4O2. The summed E-state index contributed by atoms with van der Waals surface area (Å²) in [5.74, 6) is -0.222. The summed E-state index contributed by atoms with van der Waals surface area (Å²) in [5, 5.41) is 6.10. The molecule has 2 heterocycles. The van der Waals surface area contributed by atoms with Gasteiger partial charge < -0.3 is 20.6 Å². The van der Waals surface area contributed by atoms with E-state index in [0.717, 1.165) is 25.9 Å². The van der Waals surface area contributed by atoms with Crippen molar-refractivity contribution in [3.63, 3.8) is 0 Å². The molecule has 1 saturated heterocycles. The van der Waals surface area contributed by atoms with Gasteiger partial charge in [0.05, 0.1) is 0 Å². The molecule has 0 spiro atoms. The van der Waals surface area contributed by atoms with Crippen molar-refractivity contribution in [2.45, 2.75) is 18.9 Å². The lowest BCUT2D eigenvalue weighted by Crippen LogP contribution is -2.42. The van der Waals surface area contributed by atoms with E-state index >= 15 is 0 Å². The van der Waals surface area contributed by atoms with Gasteiger partial charge in [-0.2, -0.15) is 0 Å². The van der Waals surface area contributed by atoms with Gasteiger partial charge in [-0.3, -0.25) is 4.79 Å². The second kappa shape index (κ2) is 4.31. The summed E-state index contributed by atoms with van der Waals surface area (Å²) in [6.45, 7) is 1.85. The zero-order valence-electron chi connectivity index (χ0n) is 8.30. The average Bonchev–Trinajstić information content (AvgIpc) is 2.66. The van der Waals surface area contributed by atoms with Crippen molar-refractivity contribution in [2.75, 3.05) is 13.1 Å². The minimum absolute atomic E-state index is 0.206. The third-order valence-corrected chi connectivity index (χ3v) is 2.51. The average molecular weight is 210 g/mol. The molecule has 4 N–H and O–H groups in total. The van der Waals surface area contributed by atoms with Crippen LogP contribution in [0.15, 0.2) is 11.0 Å². The second-order valence-corrected chi connectivity index (χ2v) is 3.65. The van der Waals surface area contributed by atoms with Crippen LogP contribution in [0.2, 0.25) is 0 Å². The van der Waals surface area contributed by atoms with Gasteiger partial charge in [0.15, 0.2) is 0 Å². The molecule has 2 rings (SSSR count). The zero-order chi connectivity index (χ0) is 10.7. The lowest BCUT2D eigenvalue weighted by molar-refractivity contribution is 0.0925. The minimum Gasteiger partial charge on any atom is -0.348 e. The molecule has 1 aliphatic heterocycles. The normalized spacial score (nSPS) is 17.6. The van der Waals surface area contributed by atoms with E-state index in [1.807, 2.05) is 0 Å². The molecule has 0 aromatic carbocycles. The Labute approximate surface area is 86.5 Å². The van der Waals surface area contributed by atoms with Crippen LogP contribution in [-0.2, 0) is 0 Å². The molecule has 1 aliphatic rings. The first kappa shape index (κ1) is 9.97. The predicted octanol–water partition coefficient (Wildman–Crippen LogP) is -0.815. The molecule has 1 fully saturated rings. The van der Waals surface area contributed by atoms with Crippen LogP contribution in [0, 0.1) is 0 Å². The van der Waals surface area contributed by atoms with Gasteiger partial charge in [0.25, 0.3) is 5.91 Å². The van der Waals surface area contributed by atoms with Gasteiger partial charge >= 0.3 is 5.69 Å². The summed E-state index contributed by atoms with van der Waals surface area (Å²) < 4.78 is 0. The van der Waals surface area contributed by atoms with E-state index in [1.54, 1.807) is 0 Å². The largest absolute Gasteiger partial charge is 0.348 e. The lowest BCUT2D eigenvalue weighted by atomic mass is 10.1. The number of H-pyrrole nitrogens is 2. The maximum absolute atomic E-state index is 11.6. The number of imidazole rings is 1. The van der Waals surface area contributed by atoms with Crippen molar-refractivity contribution >= 4 is 5.91 Å². The van der Waals surface area contributed by atoms with Crippen molar-refractivity contribution < 1.29 is 4.79 Å². The Bertz CT molecular complexity index is 389. The number of carbonyl (C=O) groups excluding carboxylic acids is 1. The summed E-state index contributed by atoms with van der Waals surface area (Å²) >= 11 is 0. The molecule has 6 heteroatoms. The maximum atomic E-state index is 11.6. The van der Waals surface area contributed by atoms with Crippen LogP contribution < -0.4 is 16.3 Å². The SMILES string of the molecule is O=C(NC1CCNCC1)c1c[nH]c(=O)[nH]1. The van der Waals surface area contributed by atoms with Crippen LogP contribution in [0.1, 0.15) is 23.3 Å². The predicted molar refractivity (Wildman–Crippen MR) is 54.8 cm³/mol. The molecule has 0 saturated carbocycles. The van der Waals surface area contributed by atoms with Crippen molar-refractivity contribution in [3.8, 4) is 0 Å². The first-order chi connectivity index (χ1) is 7.25. The van der Waals surface area contributed by atoms with Crippen molar-refractivity contribution in [1.82, 2.24) is 20.6 Å². The fraction of sp³-hybridized carbons (Fsp3) is 0.556. The molecule has 0 radical (unpaired) electrons. The number of carbonyl (C=O) groups is 1. The van der Waals surface area contributed by atoms with Crippen LogP contribution >= 0.6 is 0 Å². The molecule has 82 valence electrons. The monoisotopic (exact) mass is 210 g/mol. The zero-order valence-corrected chi connectivity index (χ0v) is 8.30. The molecule has 6 nitrogen and oxygen atoms in total. The van der Waals surface area contributed by atoms with Gasteiger partial charge in [-0.15, -0.1) is 0 Å². The number of nitrogens with one attached hydrogen (secondary N) is 4. The van der Waals surface area contributed by atoms with E-state index in [-0.39, 0.29) is 17.6 Å². The first-order valence-corrected chi connectivity index (χ1v) is 5.05. The Morgan fingerprint density at radius 1 is 1.40 bits per heavy atom. The number of aromatic nitrogens is 2. The van der Waals surface area contributed by atoms with Gasteiger partial charge in [0.2, 0.25) is 0 Å². The van der Waals surface area contributed by atoms with Crippen molar-refractivity contribution in [1.29, 1.82) is 0 Å². The van der Waals surface area contributed by atoms with Gasteiger partial charge in [0.1, 0.15) is 5.69 Å². The van der Waals surface area contributed by atoms with Gasteiger partial charge in [-0.1, -0.05) is 0 Å². The van der Waals surface area contributed by atoms with Gasteiger partial charge in [-0.05, 0) is 25.9 Å². The van der Waals surface area contributed by atoms with Crippen molar-refractivity contribution in [2.24, 2.45) is 0 Å². The lowest BCUT2D eigenvalue weighted by Gasteiger charge is -2.23. The molecule has 15 heavy (non-hydrogen) atoms. The highest BCUT2D eigenvalue weighted by molar-refractivity contribution is 5.92. The smallest absolute Gasteiger partial charge is 0.323 e. The standard InChI is InChI=1S/C9H14N4O2/c14-8(7-5-11-9(15)13-7)12-6-1-3-10-4-2-6/h5-6,10H,1-4H2,(H,12,14)(H2,11,13,15). The Morgan fingerprint density at radius 3 is 2.73 bits per heavy atom. The minimum atomic E-state index is -0.356. The molecule has 0 unspecified atom stereocenters. The summed E-state index contributed by atoms with van der Waals surface area (Å²) in [6, 6.07) is 0.206. The Kier molecular flexibility index (Phi) is 2.86. The Hall–Kier alpha value is -1.56. The number of hydrogen-bond acceptors (Lipinski definition) is 3. The highest BCUT2D eigenvalue weighted by Gasteiger charge is 2.16. The number of aromatic amines is 2. The molecule has 1 amide bonds. The van der Waals surface area contributed by atoms with Gasteiger partial charge in [0, 0.05) is 12.2 Å². The highest BCUT2D eigenvalue weighted by Crippen LogP contribution is 2.02. The summed E-state index contributed by atoms with van der Waals surface area (Å²) in [7, 11) is 0. The molecule has 0 atom stereocenters. The summed E-state index contributed by atoms with van der Waals surface area (Å²) in [5.41, 5.74) is -0.0657. The number of piperidine rings is 1. The topological polar surface area (TPSA) is 89.8 Å². The number of hydrogen-bond donors (Lipinski definition) is 4. The second-order valence-electron chi connectivity index (χ2n) is 3.65. The van der Waals surface area contributed by atoms with Crippen LogP contribution in [-0.4, -0.2) is 35.0 Å². The highest BCUT2D eigenvalue weighted by atomic mass is 16.2. The van der Waals surface area contributed by atoms with Crippen LogP contribution in [0.3, 0.4) is 0 Å². The molecule has 1 aromatic heterocycles. The third kappa shape index (κ3) is 2.47. The van der Waals surface area contributed by atoms with E-state index in [9.17, 15) is 9.59 Å². The summed E-state index contributed by atoms with van der Waals surface area (Å²) in [4.78, 5) is 27.2. The Balaban J connectivity index is 1.94. The molecule has 1 aromatic rings. The van der Waals surface area contributed by atoms with Crippen molar-refractivity contribution in [3.05, 3.63) is 22.4 Å². The van der Waals surface area contributed by atoms with E-state index in [0.29, 0.717) is 5.69 Å². The molecule has 0 aliphatic carbocycles. The quantitative estimate of drug-likeness (QED) is 0.514. The fourth-order valence-electron chi connectivity index (χ4n) is 1.68. The third-order valence-electron chi connectivity index (χ3n) is 2.51. The van der Waals surface area contributed by atoms with Crippen LogP contribution in [0.4, 0.5) is 0 Å². The maximum Gasteiger partial charge on any atom is 0.323 e. The van der Waals surface area contributed by atoms with Crippen LogP contribution in [0.5, 0.6) is 0 Å². The number of amides is 1. The van der Waals surface area contributed by atoms with E-state index < -0.39 is 0 Å². The molecule has 0 bridgehead atoms. The molecular weight excluding hydrogens is 196 g/mol. The van der Waals surface area contributed by atoms with E-state index in [1.165, 1.54) is 6.20 Å². The Morgan fingerprint density at radius 2 is 2.13 bits per heavy atom. The van der Waals surface area contributed by atoms with E-state index in [4.69, 9.17) is 0 Å². The summed E-state index contributed by atoms with van der Waals surface area (Å²) in [6.07, 6.45) is 3.25. The van der Waals surface area contributed by atoms with E-state index in [2.05, 4.69) is 20.6 Å². The fourth-order valence-corrected chi connectivity index (χ4v) is 1.68. The van der Waals surface area contributed by atoms with Gasteiger partial charge in [-0.25, -0.2) is 4.79 Å². The number of rotatable bonds is 2.